The molecule has 0 saturated heterocycles. The minimum absolute atomic E-state index is 0.125. The van der Waals surface area contributed by atoms with Gasteiger partial charge >= 0.3 is 0 Å². The second kappa shape index (κ2) is 9.03. The van der Waals surface area contributed by atoms with Gasteiger partial charge in [-0.2, -0.15) is 0 Å². The molecule has 1 amide bonds. The second-order valence-corrected chi connectivity index (χ2v) is 8.07. The number of benzene rings is 1. The zero-order chi connectivity index (χ0) is 17.3. The molecule has 6 heteroatoms. The lowest BCUT2D eigenvalue weighted by molar-refractivity contribution is -0.132. The van der Waals surface area contributed by atoms with Crippen LogP contribution in [0, 0.1) is 0 Å². The minimum atomic E-state index is -3.81. The Hall–Kier alpha value is -1.40. The third-order valence-electron chi connectivity index (χ3n) is 4.24. The van der Waals surface area contributed by atoms with Crippen LogP contribution in [-0.4, -0.2) is 24.3 Å². The van der Waals surface area contributed by atoms with Gasteiger partial charge in [-0.3, -0.25) is 10.0 Å². The summed E-state index contributed by atoms with van der Waals surface area (Å²) < 4.78 is 23.9. The van der Waals surface area contributed by atoms with E-state index in [1.165, 1.54) is 30.5 Å². The van der Waals surface area contributed by atoms with Crippen molar-refractivity contribution in [2.75, 3.05) is 0 Å². The first-order valence-electron chi connectivity index (χ1n) is 8.20. The van der Waals surface area contributed by atoms with Gasteiger partial charge in [-0.25, -0.2) is 13.9 Å². The number of carbonyl (C=O) groups excluding carboxylic acids is 1. The average Bonchev–Trinajstić information content (AvgIpc) is 2.62. The first kappa shape index (κ1) is 19.6. The number of sulfone groups is 1. The molecular formula is C17H27NO4S. The van der Waals surface area contributed by atoms with Gasteiger partial charge in [0.2, 0.25) is 0 Å². The molecule has 2 N–H and O–H groups in total. The normalized spacial score (nSPS) is 16.8. The molecule has 1 aliphatic rings. The standard InChI is InChI=1S/C13H17NO4S.C4H10/c15-12(14-16)13(9-5-2-6-10-13)19(17,18)11-7-3-1-4-8-11;1-3-4-2/h1,3-4,7-8,16H,2,5-6,9-10H2,(H,14,15);3-4H2,1-2H3. The smallest absolute Gasteiger partial charge is 0.265 e. The summed E-state index contributed by atoms with van der Waals surface area (Å²) in [5.74, 6) is -0.823. The molecule has 1 aromatic rings. The number of unbranched alkanes of at least 4 members (excludes halogenated alkanes) is 1. The van der Waals surface area contributed by atoms with Gasteiger partial charge in [0.1, 0.15) is 0 Å². The topological polar surface area (TPSA) is 83.5 Å². The minimum Gasteiger partial charge on any atom is -0.289 e. The molecule has 0 atom stereocenters. The lowest BCUT2D eigenvalue weighted by Crippen LogP contribution is -2.52. The van der Waals surface area contributed by atoms with E-state index in [0.717, 1.165) is 6.42 Å². The molecule has 0 bridgehead atoms. The van der Waals surface area contributed by atoms with E-state index in [4.69, 9.17) is 5.21 Å². The summed E-state index contributed by atoms with van der Waals surface area (Å²) in [7, 11) is -3.81. The van der Waals surface area contributed by atoms with Gasteiger partial charge in [-0.15, -0.1) is 0 Å². The van der Waals surface area contributed by atoms with E-state index in [0.29, 0.717) is 12.8 Å². The zero-order valence-corrected chi connectivity index (χ0v) is 14.7. The van der Waals surface area contributed by atoms with E-state index in [-0.39, 0.29) is 17.7 Å². The van der Waals surface area contributed by atoms with E-state index < -0.39 is 20.5 Å². The highest BCUT2D eigenvalue weighted by Gasteiger charge is 2.51. The van der Waals surface area contributed by atoms with Gasteiger partial charge in [0.15, 0.2) is 14.6 Å². The molecule has 0 aliphatic heterocycles. The Morgan fingerprint density at radius 1 is 1.09 bits per heavy atom. The van der Waals surface area contributed by atoms with Gasteiger partial charge in [-0.05, 0) is 25.0 Å². The molecule has 0 unspecified atom stereocenters. The molecule has 1 aromatic carbocycles. The molecule has 0 aromatic heterocycles. The Kier molecular flexibility index (Phi) is 7.72. The Balaban J connectivity index is 0.000000593. The lowest BCUT2D eigenvalue weighted by atomic mass is 9.88. The van der Waals surface area contributed by atoms with Crippen LogP contribution in [0.25, 0.3) is 0 Å². The summed E-state index contributed by atoms with van der Waals surface area (Å²) in [5.41, 5.74) is 1.53. The van der Waals surface area contributed by atoms with Gasteiger partial charge in [0.05, 0.1) is 4.90 Å². The fourth-order valence-corrected chi connectivity index (χ4v) is 4.75. The lowest BCUT2D eigenvalue weighted by Gasteiger charge is -2.34. The SMILES string of the molecule is CCCC.O=C(NO)C1(S(=O)(=O)c2ccccc2)CCCCC1. The van der Waals surface area contributed by atoms with E-state index in [1.54, 1.807) is 18.2 Å². The quantitative estimate of drug-likeness (QED) is 0.649. The van der Waals surface area contributed by atoms with Crippen LogP contribution in [-0.2, 0) is 14.6 Å². The molecule has 0 spiro atoms. The molecule has 5 nitrogen and oxygen atoms in total. The predicted octanol–water partition coefficient (Wildman–Crippen LogP) is 3.48. The van der Waals surface area contributed by atoms with E-state index >= 15 is 0 Å². The number of rotatable bonds is 4. The largest absolute Gasteiger partial charge is 0.289 e. The van der Waals surface area contributed by atoms with Crippen LogP contribution in [0.5, 0.6) is 0 Å². The second-order valence-electron chi connectivity index (χ2n) is 5.81. The maximum atomic E-state index is 12.7. The van der Waals surface area contributed by atoms with Crippen molar-refractivity contribution in [1.82, 2.24) is 5.48 Å². The van der Waals surface area contributed by atoms with Crippen molar-refractivity contribution in [2.24, 2.45) is 0 Å². The first-order valence-corrected chi connectivity index (χ1v) is 9.68. The molecule has 0 radical (unpaired) electrons. The maximum Gasteiger partial charge on any atom is 0.265 e. The molecule has 23 heavy (non-hydrogen) atoms. The van der Waals surface area contributed by atoms with Crippen molar-refractivity contribution in [3.05, 3.63) is 30.3 Å². The van der Waals surface area contributed by atoms with Gasteiger partial charge in [0.25, 0.3) is 5.91 Å². The highest BCUT2D eigenvalue weighted by Crippen LogP contribution is 2.39. The number of amides is 1. The van der Waals surface area contributed by atoms with Crippen LogP contribution < -0.4 is 5.48 Å². The predicted molar refractivity (Wildman–Crippen MR) is 90.0 cm³/mol. The molecular weight excluding hydrogens is 314 g/mol. The van der Waals surface area contributed by atoms with Gasteiger partial charge in [0, 0.05) is 0 Å². The van der Waals surface area contributed by atoms with Crippen LogP contribution in [0.1, 0.15) is 58.8 Å². The van der Waals surface area contributed by atoms with Crippen LogP contribution in [0.15, 0.2) is 35.2 Å². The third-order valence-corrected chi connectivity index (χ3v) is 6.76. The summed E-state index contributed by atoms with van der Waals surface area (Å²) in [6, 6.07) is 7.94. The summed E-state index contributed by atoms with van der Waals surface area (Å²) in [5, 5.41) is 8.90. The van der Waals surface area contributed by atoms with Gasteiger partial charge in [-0.1, -0.05) is 64.2 Å². The van der Waals surface area contributed by atoms with Crippen LogP contribution >= 0.6 is 0 Å². The Morgan fingerprint density at radius 2 is 1.61 bits per heavy atom. The Morgan fingerprint density at radius 3 is 2.04 bits per heavy atom. The highest BCUT2D eigenvalue weighted by atomic mass is 32.2. The van der Waals surface area contributed by atoms with E-state index in [9.17, 15) is 13.2 Å². The van der Waals surface area contributed by atoms with Crippen molar-refractivity contribution in [1.29, 1.82) is 0 Å². The van der Waals surface area contributed by atoms with Crippen LogP contribution in [0.3, 0.4) is 0 Å². The maximum absolute atomic E-state index is 12.7. The summed E-state index contributed by atoms with van der Waals surface area (Å²) in [6.07, 6.45) is 5.37. The number of nitrogens with one attached hydrogen (secondary N) is 1. The first-order chi connectivity index (χ1) is 11.0. The number of hydrogen-bond donors (Lipinski definition) is 2. The van der Waals surface area contributed by atoms with Crippen molar-refractivity contribution in [3.63, 3.8) is 0 Å². The molecule has 0 heterocycles. The van der Waals surface area contributed by atoms with Crippen molar-refractivity contribution >= 4 is 15.7 Å². The van der Waals surface area contributed by atoms with Crippen molar-refractivity contribution in [2.45, 2.75) is 68.4 Å². The Labute approximate surface area is 139 Å². The molecule has 1 fully saturated rings. The third kappa shape index (κ3) is 4.32. The summed E-state index contributed by atoms with van der Waals surface area (Å²) in [4.78, 5) is 12.1. The van der Waals surface area contributed by atoms with E-state index in [1.807, 2.05) is 0 Å². The Bertz CT molecular complexity index is 576. The summed E-state index contributed by atoms with van der Waals surface area (Å²) in [6.45, 7) is 4.36. The molecule has 1 aliphatic carbocycles. The van der Waals surface area contributed by atoms with Crippen molar-refractivity contribution < 1.29 is 18.4 Å². The fraction of sp³-hybridized carbons (Fsp3) is 0.588. The zero-order valence-electron chi connectivity index (χ0n) is 13.9. The monoisotopic (exact) mass is 341 g/mol. The molecule has 2 rings (SSSR count). The van der Waals surface area contributed by atoms with Crippen LogP contribution in [0.4, 0.5) is 0 Å². The molecule has 1 saturated carbocycles. The molecule has 130 valence electrons. The highest BCUT2D eigenvalue weighted by molar-refractivity contribution is 7.93. The number of carbonyl (C=O) groups is 1. The van der Waals surface area contributed by atoms with Crippen LogP contribution in [0.2, 0.25) is 0 Å². The fourth-order valence-electron chi connectivity index (χ4n) is 2.67. The van der Waals surface area contributed by atoms with Gasteiger partial charge < -0.3 is 0 Å². The number of hydroxylamine groups is 1. The van der Waals surface area contributed by atoms with Crippen molar-refractivity contribution in [3.8, 4) is 0 Å². The summed E-state index contributed by atoms with van der Waals surface area (Å²) >= 11 is 0. The van der Waals surface area contributed by atoms with E-state index in [2.05, 4.69) is 13.8 Å². The number of hydrogen-bond acceptors (Lipinski definition) is 4. The average molecular weight is 341 g/mol.